The van der Waals surface area contributed by atoms with Crippen molar-refractivity contribution in [2.45, 2.75) is 90.1 Å². The Labute approximate surface area is 116 Å². The molecule has 0 spiro atoms. The van der Waals surface area contributed by atoms with Gasteiger partial charge in [0.2, 0.25) is 0 Å². The zero-order chi connectivity index (χ0) is 14.3. The first-order valence-corrected chi connectivity index (χ1v) is 7.68. The average Bonchev–Trinajstić information content (AvgIpc) is 2.40. The first-order chi connectivity index (χ1) is 9.22. The van der Waals surface area contributed by atoms with Crippen molar-refractivity contribution in [2.24, 2.45) is 5.18 Å². The van der Waals surface area contributed by atoms with E-state index in [9.17, 15) is 15.0 Å². The van der Waals surface area contributed by atoms with Crippen LogP contribution >= 0.6 is 0 Å². The Morgan fingerprint density at radius 1 is 0.895 bits per heavy atom. The summed E-state index contributed by atoms with van der Waals surface area (Å²) in [6.07, 6.45) is 12.3. The smallest absolute Gasteiger partial charge is 0.262 e. The number of unbranched alkanes of at least 4 members (excludes halogenated alkanes) is 10. The lowest BCUT2D eigenvalue weighted by Crippen LogP contribution is -2.15. The molecule has 0 heterocycles. The summed E-state index contributed by atoms with van der Waals surface area (Å²) in [6.45, 7) is 2.23. The highest BCUT2D eigenvalue weighted by Gasteiger charge is 2.18. The third-order valence-corrected chi connectivity index (χ3v) is 3.43. The van der Waals surface area contributed by atoms with Gasteiger partial charge in [0, 0.05) is 11.6 Å². The molecule has 112 valence electrons. The van der Waals surface area contributed by atoms with Gasteiger partial charge in [0.05, 0.1) is 4.92 Å². The van der Waals surface area contributed by atoms with Crippen molar-refractivity contribution >= 4 is 0 Å². The van der Waals surface area contributed by atoms with Crippen LogP contribution in [0.15, 0.2) is 5.18 Å². The van der Waals surface area contributed by atoms with Crippen molar-refractivity contribution in [1.29, 1.82) is 0 Å². The minimum atomic E-state index is -1.24. The van der Waals surface area contributed by atoms with Crippen LogP contribution in [0.5, 0.6) is 0 Å². The number of nitroso groups, excluding NO2 is 1. The third kappa shape index (κ3) is 11.8. The van der Waals surface area contributed by atoms with Gasteiger partial charge in [-0.1, -0.05) is 71.1 Å². The van der Waals surface area contributed by atoms with E-state index in [0.717, 1.165) is 19.3 Å². The maximum Gasteiger partial charge on any atom is 0.339 e. The van der Waals surface area contributed by atoms with Crippen LogP contribution < -0.4 is 0 Å². The van der Waals surface area contributed by atoms with Gasteiger partial charge >= 0.3 is 6.17 Å². The Kier molecular flexibility index (Phi) is 12.7. The molecule has 5 nitrogen and oxygen atoms in total. The zero-order valence-corrected chi connectivity index (χ0v) is 12.2. The molecular formula is C14H28N2O3. The standard InChI is InChI=1S/C14H28N2O3/c1-2-3-4-5-6-7-8-9-10-11-12-13-14(15-17)16(18)19/h14H,2-13H2,1H3. The van der Waals surface area contributed by atoms with Crippen molar-refractivity contribution in [3.8, 4) is 0 Å². The summed E-state index contributed by atoms with van der Waals surface area (Å²) in [6, 6.07) is 0. The lowest BCUT2D eigenvalue weighted by atomic mass is 10.1. The monoisotopic (exact) mass is 272 g/mol. The summed E-state index contributed by atoms with van der Waals surface area (Å²) in [5, 5.41) is 12.9. The minimum absolute atomic E-state index is 0.285. The predicted octanol–water partition coefficient (Wildman–Crippen LogP) is 5.06. The van der Waals surface area contributed by atoms with Gasteiger partial charge in [-0.05, 0) is 6.42 Å². The van der Waals surface area contributed by atoms with Crippen molar-refractivity contribution in [3.05, 3.63) is 15.0 Å². The molecule has 1 atom stereocenters. The van der Waals surface area contributed by atoms with Crippen LogP contribution in [-0.4, -0.2) is 11.1 Å². The fraction of sp³-hybridized carbons (Fsp3) is 1.00. The Bertz CT molecular complexity index is 235. The van der Waals surface area contributed by atoms with Crippen molar-refractivity contribution in [1.82, 2.24) is 0 Å². The van der Waals surface area contributed by atoms with Crippen LogP contribution in [0.1, 0.15) is 84.0 Å². The van der Waals surface area contributed by atoms with E-state index in [1.807, 2.05) is 0 Å². The SMILES string of the molecule is CCCCCCCCCCCCCC(N=O)[N+](=O)[O-]. The van der Waals surface area contributed by atoms with E-state index in [1.165, 1.54) is 51.4 Å². The Hall–Kier alpha value is -1.00. The molecule has 1 unspecified atom stereocenters. The molecule has 0 radical (unpaired) electrons. The van der Waals surface area contributed by atoms with Gasteiger partial charge in [-0.2, -0.15) is 0 Å². The molecule has 0 fully saturated rings. The molecule has 19 heavy (non-hydrogen) atoms. The van der Waals surface area contributed by atoms with E-state index in [-0.39, 0.29) is 6.42 Å². The lowest BCUT2D eigenvalue weighted by Gasteiger charge is -2.03. The summed E-state index contributed by atoms with van der Waals surface area (Å²) < 4.78 is 0. The molecule has 0 N–H and O–H groups in total. The van der Waals surface area contributed by atoms with Gasteiger partial charge in [-0.3, -0.25) is 10.1 Å². The second-order valence-corrected chi connectivity index (χ2v) is 5.20. The fourth-order valence-electron chi connectivity index (χ4n) is 2.19. The van der Waals surface area contributed by atoms with Gasteiger partial charge in [0.1, 0.15) is 0 Å². The second kappa shape index (κ2) is 13.4. The Morgan fingerprint density at radius 3 is 1.68 bits per heavy atom. The highest BCUT2D eigenvalue weighted by molar-refractivity contribution is 4.54. The van der Waals surface area contributed by atoms with Gasteiger partial charge in [0.25, 0.3) is 0 Å². The normalized spacial score (nSPS) is 12.3. The number of rotatable bonds is 14. The first-order valence-electron chi connectivity index (χ1n) is 7.68. The van der Waals surface area contributed by atoms with Crippen LogP contribution in [0.3, 0.4) is 0 Å². The van der Waals surface area contributed by atoms with E-state index in [4.69, 9.17) is 0 Å². The molecule has 0 aromatic heterocycles. The Morgan fingerprint density at radius 2 is 1.32 bits per heavy atom. The first kappa shape index (κ1) is 18.0. The molecule has 0 aromatic rings. The quantitative estimate of drug-likeness (QED) is 0.192. The maximum atomic E-state index is 10.4. The minimum Gasteiger partial charge on any atom is -0.262 e. The summed E-state index contributed by atoms with van der Waals surface area (Å²) >= 11 is 0. The van der Waals surface area contributed by atoms with Crippen molar-refractivity contribution in [3.63, 3.8) is 0 Å². The average molecular weight is 272 g/mol. The summed E-state index contributed by atoms with van der Waals surface area (Å²) in [7, 11) is 0. The van der Waals surface area contributed by atoms with Crippen LogP contribution in [0.4, 0.5) is 0 Å². The molecule has 0 saturated heterocycles. The number of nitrogens with zero attached hydrogens (tertiary/aromatic N) is 2. The molecule has 0 aliphatic heterocycles. The van der Waals surface area contributed by atoms with E-state index in [2.05, 4.69) is 12.1 Å². The zero-order valence-electron chi connectivity index (χ0n) is 12.2. The maximum absolute atomic E-state index is 10.4. The number of hydrogen-bond acceptors (Lipinski definition) is 4. The molecule has 0 saturated carbocycles. The van der Waals surface area contributed by atoms with Crippen molar-refractivity contribution < 1.29 is 4.92 Å². The number of nitro groups is 1. The number of hydrogen-bond donors (Lipinski definition) is 0. The van der Waals surface area contributed by atoms with E-state index in [0.29, 0.717) is 0 Å². The summed E-state index contributed by atoms with van der Waals surface area (Å²) in [5.41, 5.74) is 0. The van der Waals surface area contributed by atoms with Gasteiger partial charge in [-0.25, -0.2) is 0 Å². The molecule has 0 amide bonds. The molecule has 0 bridgehead atoms. The van der Waals surface area contributed by atoms with E-state index in [1.54, 1.807) is 0 Å². The van der Waals surface area contributed by atoms with Crippen LogP contribution in [0.2, 0.25) is 0 Å². The van der Waals surface area contributed by atoms with Gasteiger partial charge in [0.15, 0.2) is 0 Å². The van der Waals surface area contributed by atoms with E-state index < -0.39 is 11.1 Å². The largest absolute Gasteiger partial charge is 0.339 e. The second-order valence-electron chi connectivity index (χ2n) is 5.20. The third-order valence-electron chi connectivity index (χ3n) is 3.43. The lowest BCUT2D eigenvalue weighted by molar-refractivity contribution is -0.521. The molecule has 0 aliphatic rings. The fourth-order valence-corrected chi connectivity index (χ4v) is 2.19. The highest BCUT2D eigenvalue weighted by atomic mass is 16.6. The van der Waals surface area contributed by atoms with Crippen molar-refractivity contribution in [2.75, 3.05) is 0 Å². The van der Waals surface area contributed by atoms with Gasteiger partial charge in [-0.15, -0.1) is 4.91 Å². The molecule has 0 rings (SSSR count). The topological polar surface area (TPSA) is 72.6 Å². The summed E-state index contributed by atoms with van der Waals surface area (Å²) in [4.78, 5) is 19.9. The van der Waals surface area contributed by atoms with Crippen LogP contribution in [-0.2, 0) is 0 Å². The van der Waals surface area contributed by atoms with Crippen LogP contribution in [0, 0.1) is 15.0 Å². The van der Waals surface area contributed by atoms with E-state index >= 15 is 0 Å². The molecular weight excluding hydrogens is 244 g/mol. The molecule has 0 aromatic carbocycles. The predicted molar refractivity (Wildman–Crippen MR) is 77.7 cm³/mol. The molecule has 5 heteroatoms. The Balaban J connectivity index is 3.18. The van der Waals surface area contributed by atoms with Crippen LogP contribution in [0.25, 0.3) is 0 Å². The molecule has 0 aliphatic carbocycles. The highest BCUT2D eigenvalue weighted by Crippen LogP contribution is 2.13. The summed E-state index contributed by atoms with van der Waals surface area (Å²) in [5.74, 6) is 0. The van der Waals surface area contributed by atoms with Gasteiger partial charge < -0.3 is 0 Å².